The van der Waals surface area contributed by atoms with Gasteiger partial charge in [-0.15, -0.1) is 10.2 Å². The van der Waals surface area contributed by atoms with Gasteiger partial charge < -0.3 is 5.32 Å². The van der Waals surface area contributed by atoms with E-state index in [-0.39, 0.29) is 5.91 Å². The molecule has 1 aromatic carbocycles. The zero-order valence-corrected chi connectivity index (χ0v) is 13.0. The Morgan fingerprint density at radius 1 is 1.35 bits per heavy atom. The molecule has 5 nitrogen and oxygen atoms in total. The first-order valence-corrected chi connectivity index (χ1v) is 7.29. The highest BCUT2D eigenvalue weighted by atomic mass is 35.5. The molecule has 2 N–H and O–H groups in total. The van der Waals surface area contributed by atoms with Gasteiger partial charge in [0.05, 0.1) is 0 Å². The molecule has 0 aliphatic heterocycles. The summed E-state index contributed by atoms with van der Waals surface area (Å²) in [6.45, 7) is 5.53. The van der Waals surface area contributed by atoms with Crippen LogP contribution >= 0.6 is 22.9 Å². The number of carbonyl (C=O) groups excluding carboxylic acids is 1. The molecule has 0 aliphatic rings. The van der Waals surface area contributed by atoms with Gasteiger partial charge in [-0.2, -0.15) is 0 Å². The van der Waals surface area contributed by atoms with Crippen molar-refractivity contribution < 1.29 is 4.79 Å². The number of hydrogen-bond donors (Lipinski definition) is 2. The summed E-state index contributed by atoms with van der Waals surface area (Å²) in [4.78, 5) is 12.1. The number of nitrogens with one attached hydrogen (secondary N) is 2. The Labute approximate surface area is 126 Å². The first-order chi connectivity index (χ1) is 9.47. The highest BCUT2D eigenvalue weighted by molar-refractivity contribution is 7.15. The third-order valence-electron chi connectivity index (χ3n) is 2.79. The van der Waals surface area contributed by atoms with Gasteiger partial charge in [-0.1, -0.05) is 29.0 Å². The second-order valence-corrected chi connectivity index (χ2v) is 5.98. The van der Waals surface area contributed by atoms with Gasteiger partial charge in [-0.05, 0) is 38.5 Å². The molecule has 0 aliphatic carbocycles. The molecule has 106 valence electrons. The van der Waals surface area contributed by atoms with E-state index >= 15 is 0 Å². The Balaban J connectivity index is 2.02. The first kappa shape index (κ1) is 14.7. The lowest BCUT2D eigenvalue weighted by atomic mass is 10.2. The second kappa shape index (κ2) is 6.19. The maximum absolute atomic E-state index is 12.1. The SMILES string of the molecule is Cc1nnc(NC(=O)[C@H](C)Nc2cccc(Cl)c2C)s1. The van der Waals surface area contributed by atoms with Crippen molar-refractivity contribution in [2.24, 2.45) is 0 Å². The van der Waals surface area contributed by atoms with Crippen LogP contribution in [0.5, 0.6) is 0 Å². The fraction of sp³-hybridized carbons (Fsp3) is 0.308. The van der Waals surface area contributed by atoms with Crippen molar-refractivity contribution in [3.8, 4) is 0 Å². The average Bonchev–Trinajstić information content (AvgIpc) is 2.80. The van der Waals surface area contributed by atoms with Crippen LogP contribution in [0.2, 0.25) is 5.02 Å². The number of hydrogen-bond acceptors (Lipinski definition) is 5. The zero-order valence-electron chi connectivity index (χ0n) is 11.4. The summed E-state index contributed by atoms with van der Waals surface area (Å²) in [6, 6.07) is 5.14. The van der Waals surface area contributed by atoms with E-state index in [0.717, 1.165) is 16.3 Å². The Kier molecular flexibility index (Phi) is 4.57. The number of carbonyl (C=O) groups is 1. The molecule has 1 aromatic heterocycles. The van der Waals surface area contributed by atoms with Crippen LogP contribution in [0, 0.1) is 13.8 Å². The van der Waals surface area contributed by atoms with Gasteiger partial charge >= 0.3 is 0 Å². The summed E-state index contributed by atoms with van der Waals surface area (Å²) in [5.74, 6) is -0.166. The normalized spacial score (nSPS) is 12.0. The van der Waals surface area contributed by atoms with Crippen molar-refractivity contribution in [1.82, 2.24) is 10.2 Å². The monoisotopic (exact) mass is 310 g/mol. The Hall–Kier alpha value is -1.66. The van der Waals surface area contributed by atoms with Gasteiger partial charge in [0, 0.05) is 10.7 Å². The molecule has 20 heavy (non-hydrogen) atoms. The molecule has 2 rings (SSSR count). The molecule has 0 fully saturated rings. The summed E-state index contributed by atoms with van der Waals surface area (Å²) in [7, 11) is 0. The predicted octanol–water partition coefficient (Wildman–Crippen LogP) is 3.25. The summed E-state index contributed by atoms with van der Waals surface area (Å²) >= 11 is 7.39. The van der Waals surface area contributed by atoms with Crippen molar-refractivity contribution in [2.45, 2.75) is 26.8 Å². The van der Waals surface area contributed by atoms with Gasteiger partial charge in [0.15, 0.2) is 0 Å². The number of aryl methyl sites for hydroxylation is 1. The maximum atomic E-state index is 12.1. The topological polar surface area (TPSA) is 66.9 Å². The molecule has 0 unspecified atom stereocenters. The predicted molar refractivity (Wildman–Crippen MR) is 82.5 cm³/mol. The van der Waals surface area contributed by atoms with Gasteiger partial charge in [-0.3, -0.25) is 10.1 Å². The van der Waals surface area contributed by atoms with Gasteiger partial charge in [0.25, 0.3) is 0 Å². The maximum Gasteiger partial charge on any atom is 0.248 e. The van der Waals surface area contributed by atoms with E-state index in [2.05, 4.69) is 20.8 Å². The Morgan fingerprint density at radius 3 is 2.75 bits per heavy atom. The standard InChI is InChI=1S/C13H15ClN4OS/c1-7-10(14)5-4-6-11(7)15-8(2)12(19)16-13-18-17-9(3)20-13/h4-6,8,15H,1-3H3,(H,16,18,19)/t8-/m0/s1. The molecular formula is C13H15ClN4OS. The van der Waals surface area contributed by atoms with Crippen molar-refractivity contribution in [2.75, 3.05) is 10.6 Å². The lowest BCUT2D eigenvalue weighted by Crippen LogP contribution is -2.32. The third-order valence-corrected chi connectivity index (χ3v) is 3.95. The van der Waals surface area contributed by atoms with E-state index in [0.29, 0.717) is 10.2 Å². The van der Waals surface area contributed by atoms with E-state index in [1.807, 2.05) is 32.0 Å². The molecule has 1 amide bonds. The Bertz CT molecular complexity index is 629. The first-order valence-electron chi connectivity index (χ1n) is 6.10. The molecule has 1 heterocycles. The summed E-state index contributed by atoms with van der Waals surface area (Å²) < 4.78 is 0. The van der Waals surface area contributed by atoms with Crippen LogP contribution in [0.15, 0.2) is 18.2 Å². The van der Waals surface area contributed by atoms with Crippen LogP contribution < -0.4 is 10.6 Å². The van der Waals surface area contributed by atoms with Crippen LogP contribution in [0.3, 0.4) is 0 Å². The van der Waals surface area contributed by atoms with Crippen LogP contribution in [0.1, 0.15) is 17.5 Å². The number of anilines is 2. The largest absolute Gasteiger partial charge is 0.374 e. The van der Waals surface area contributed by atoms with Crippen LogP contribution in [0.25, 0.3) is 0 Å². The average molecular weight is 311 g/mol. The van der Waals surface area contributed by atoms with Gasteiger partial charge in [-0.25, -0.2) is 0 Å². The number of halogens is 1. The zero-order chi connectivity index (χ0) is 14.7. The molecule has 0 saturated carbocycles. The van der Waals surface area contributed by atoms with Crippen LogP contribution in [-0.2, 0) is 4.79 Å². The molecular weight excluding hydrogens is 296 g/mol. The van der Waals surface area contributed by atoms with E-state index in [1.165, 1.54) is 11.3 Å². The fourth-order valence-corrected chi connectivity index (χ4v) is 2.39. The second-order valence-electron chi connectivity index (χ2n) is 4.39. The van der Waals surface area contributed by atoms with E-state index in [4.69, 9.17) is 11.6 Å². The van der Waals surface area contributed by atoms with Crippen molar-refractivity contribution in [1.29, 1.82) is 0 Å². The van der Waals surface area contributed by atoms with Gasteiger partial charge in [0.2, 0.25) is 11.0 Å². The highest BCUT2D eigenvalue weighted by Crippen LogP contribution is 2.23. The molecule has 0 spiro atoms. The number of aromatic nitrogens is 2. The van der Waals surface area contributed by atoms with Crippen molar-refractivity contribution >= 4 is 39.7 Å². The van der Waals surface area contributed by atoms with Crippen molar-refractivity contribution in [3.63, 3.8) is 0 Å². The van der Waals surface area contributed by atoms with E-state index in [1.54, 1.807) is 6.92 Å². The minimum Gasteiger partial charge on any atom is -0.374 e. The summed E-state index contributed by atoms with van der Waals surface area (Å²) in [6.07, 6.45) is 0. The number of benzene rings is 1. The number of rotatable bonds is 4. The minimum atomic E-state index is -0.406. The molecule has 0 radical (unpaired) electrons. The molecule has 2 aromatic rings. The van der Waals surface area contributed by atoms with E-state index in [9.17, 15) is 4.79 Å². The van der Waals surface area contributed by atoms with Crippen molar-refractivity contribution in [3.05, 3.63) is 33.8 Å². The molecule has 7 heteroatoms. The lowest BCUT2D eigenvalue weighted by Gasteiger charge is -2.16. The molecule has 0 bridgehead atoms. The van der Waals surface area contributed by atoms with Crippen LogP contribution in [-0.4, -0.2) is 22.1 Å². The Morgan fingerprint density at radius 2 is 2.10 bits per heavy atom. The quantitative estimate of drug-likeness (QED) is 0.909. The van der Waals surface area contributed by atoms with E-state index < -0.39 is 6.04 Å². The minimum absolute atomic E-state index is 0.166. The third kappa shape index (κ3) is 3.46. The molecule has 1 atom stereocenters. The number of nitrogens with zero attached hydrogens (tertiary/aromatic N) is 2. The lowest BCUT2D eigenvalue weighted by molar-refractivity contribution is -0.116. The fourth-order valence-electron chi connectivity index (χ4n) is 1.62. The summed E-state index contributed by atoms with van der Waals surface area (Å²) in [5.41, 5.74) is 1.76. The number of amides is 1. The smallest absolute Gasteiger partial charge is 0.248 e. The molecule has 0 saturated heterocycles. The van der Waals surface area contributed by atoms with Crippen LogP contribution in [0.4, 0.5) is 10.8 Å². The summed E-state index contributed by atoms with van der Waals surface area (Å²) in [5, 5.41) is 15.6. The highest BCUT2D eigenvalue weighted by Gasteiger charge is 2.15. The van der Waals surface area contributed by atoms with Gasteiger partial charge in [0.1, 0.15) is 11.0 Å².